The van der Waals surface area contributed by atoms with Crippen molar-refractivity contribution in [1.29, 1.82) is 0 Å². The highest BCUT2D eigenvalue weighted by atomic mass is 16.5. The van der Waals surface area contributed by atoms with Gasteiger partial charge in [-0.2, -0.15) is 0 Å². The standard InChI is InChI=1S/C22H35N3O4/c1-19(26)29-18-22(27)25(13-6-10-23)14-7-15-28-21-9-5-8-20(16-21)17-24-11-3-2-4-12-24/h5,8-9,16H,2-4,6-7,10-15,17-18,23H2,1H3. The predicted molar refractivity (Wildman–Crippen MR) is 113 cm³/mol. The van der Waals surface area contributed by atoms with Crippen LogP contribution in [-0.2, 0) is 20.9 Å². The summed E-state index contributed by atoms with van der Waals surface area (Å²) in [5.41, 5.74) is 6.83. The maximum atomic E-state index is 12.2. The van der Waals surface area contributed by atoms with Gasteiger partial charge in [0.05, 0.1) is 6.61 Å². The van der Waals surface area contributed by atoms with Crippen molar-refractivity contribution in [2.45, 2.75) is 45.6 Å². The molecule has 1 aliphatic rings. The average Bonchev–Trinajstić information content (AvgIpc) is 2.72. The van der Waals surface area contributed by atoms with E-state index in [-0.39, 0.29) is 12.5 Å². The molecule has 0 bridgehead atoms. The Morgan fingerprint density at radius 3 is 2.62 bits per heavy atom. The average molecular weight is 406 g/mol. The van der Waals surface area contributed by atoms with Crippen molar-refractivity contribution < 1.29 is 19.1 Å². The summed E-state index contributed by atoms with van der Waals surface area (Å²) in [5, 5.41) is 0. The third-order valence-corrected chi connectivity index (χ3v) is 4.98. The van der Waals surface area contributed by atoms with Gasteiger partial charge in [-0.05, 0) is 63.0 Å². The Labute approximate surface area is 174 Å². The smallest absolute Gasteiger partial charge is 0.303 e. The summed E-state index contributed by atoms with van der Waals surface area (Å²) in [5.74, 6) is 0.210. The van der Waals surface area contributed by atoms with Crippen LogP contribution in [0.3, 0.4) is 0 Å². The molecule has 0 atom stereocenters. The summed E-state index contributed by atoms with van der Waals surface area (Å²) in [4.78, 5) is 27.3. The van der Waals surface area contributed by atoms with Crippen molar-refractivity contribution >= 4 is 11.9 Å². The molecule has 0 aliphatic carbocycles. The van der Waals surface area contributed by atoms with Crippen LogP contribution in [0.5, 0.6) is 5.75 Å². The Hall–Kier alpha value is -2.12. The highest BCUT2D eigenvalue weighted by molar-refractivity contribution is 5.80. The van der Waals surface area contributed by atoms with E-state index in [2.05, 4.69) is 17.0 Å². The van der Waals surface area contributed by atoms with Crippen LogP contribution in [0.1, 0.15) is 44.6 Å². The minimum absolute atomic E-state index is 0.197. The molecule has 0 spiro atoms. The molecule has 2 rings (SSSR count). The molecule has 1 fully saturated rings. The molecule has 0 radical (unpaired) electrons. The molecule has 2 N–H and O–H groups in total. The summed E-state index contributed by atoms with van der Waals surface area (Å²) in [7, 11) is 0. The lowest BCUT2D eigenvalue weighted by Gasteiger charge is -2.26. The second-order valence-electron chi connectivity index (χ2n) is 7.49. The van der Waals surface area contributed by atoms with Crippen LogP contribution in [0, 0.1) is 0 Å². The van der Waals surface area contributed by atoms with Gasteiger partial charge in [0.25, 0.3) is 5.91 Å². The van der Waals surface area contributed by atoms with Crippen LogP contribution in [-0.4, -0.2) is 67.6 Å². The number of piperidine rings is 1. The Kier molecular flexibility index (Phi) is 10.5. The number of nitrogens with two attached hydrogens (primary N) is 1. The molecule has 162 valence electrons. The molecule has 29 heavy (non-hydrogen) atoms. The topological polar surface area (TPSA) is 85.1 Å². The van der Waals surface area contributed by atoms with Crippen LogP contribution in [0.15, 0.2) is 24.3 Å². The Morgan fingerprint density at radius 2 is 1.90 bits per heavy atom. The summed E-state index contributed by atoms with van der Waals surface area (Å²) in [6, 6.07) is 8.25. The van der Waals surface area contributed by atoms with Crippen LogP contribution < -0.4 is 10.5 Å². The molecule has 1 heterocycles. The first-order chi connectivity index (χ1) is 14.1. The lowest BCUT2D eigenvalue weighted by Crippen LogP contribution is -2.37. The Balaban J connectivity index is 1.75. The molecular formula is C22H35N3O4. The number of esters is 1. The third-order valence-electron chi connectivity index (χ3n) is 4.98. The Morgan fingerprint density at radius 1 is 1.14 bits per heavy atom. The summed E-state index contributed by atoms with van der Waals surface area (Å²) in [6.07, 6.45) is 5.32. The normalized spacial score (nSPS) is 14.4. The molecule has 1 aliphatic heterocycles. The molecule has 0 aromatic heterocycles. The van der Waals surface area contributed by atoms with Gasteiger partial charge in [0.1, 0.15) is 5.75 Å². The van der Waals surface area contributed by atoms with E-state index in [4.69, 9.17) is 15.2 Å². The fourth-order valence-corrected chi connectivity index (χ4v) is 3.45. The SMILES string of the molecule is CC(=O)OCC(=O)N(CCCN)CCCOc1cccc(CN2CCCCC2)c1. The van der Waals surface area contributed by atoms with Gasteiger partial charge in [0.2, 0.25) is 0 Å². The van der Waals surface area contributed by atoms with Crippen molar-refractivity contribution in [2.75, 3.05) is 45.9 Å². The molecule has 1 saturated heterocycles. The number of ether oxygens (including phenoxy) is 2. The molecule has 7 nitrogen and oxygen atoms in total. The van der Waals surface area contributed by atoms with Gasteiger partial charge in [-0.1, -0.05) is 18.6 Å². The first-order valence-electron chi connectivity index (χ1n) is 10.6. The van der Waals surface area contributed by atoms with E-state index in [0.717, 1.165) is 12.3 Å². The molecule has 7 heteroatoms. The van der Waals surface area contributed by atoms with E-state index < -0.39 is 5.97 Å². The van der Waals surface area contributed by atoms with E-state index in [1.807, 2.05) is 12.1 Å². The van der Waals surface area contributed by atoms with Gasteiger partial charge >= 0.3 is 5.97 Å². The highest BCUT2D eigenvalue weighted by Gasteiger charge is 2.14. The van der Waals surface area contributed by atoms with Crippen molar-refractivity contribution in [1.82, 2.24) is 9.80 Å². The number of hydrogen-bond donors (Lipinski definition) is 1. The summed E-state index contributed by atoms with van der Waals surface area (Å²) < 4.78 is 10.7. The predicted octanol–water partition coefficient (Wildman–Crippen LogP) is 2.18. The number of likely N-dealkylation sites (tertiary alicyclic amines) is 1. The Bertz CT molecular complexity index is 632. The van der Waals surface area contributed by atoms with Gasteiger partial charge in [-0.3, -0.25) is 14.5 Å². The second kappa shape index (κ2) is 13.2. The molecule has 0 saturated carbocycles. The van der Waals surface area contributed by atoms with Crippen LogP contribution >= 0.6 is 0 Å². The van der Waals surface area contributed by atoms with Crippen molar-refractivity contribution in [2.24, 2.45) is 5.73 Å². The molecular weight excluding hydrogens is 370 g/mol. The molecule has 1 aromatic carbocycles. The molecule has 1 amide bonds. The third kappa shape index (κ3) is 9.28. The molecule has 1 aromatic rings. The van der Waals surface area contributed by atoms with Gasteiger partial charge in [0, 0.05) is 26.6 Å². The van der Waals surface area contributed by atoms with Gasteiger partial charge in [-0.15, -0.1) is 0 Å². The number of amides is 1. The van der Waals surface area contributed by atoms with Gasteiger partial charge in [-0.25, -0.2) is 0 Å². The second-order valence-corrected chi connectivity index (χ2v) is 7.49. The number of hydrogen-bond acceptors (Lipinski definition) is 6. The summed E-state index contributed by atoms with van der Waals surface area (Å²) in [6.45, 7) is 6.52. The van der Waals surface area contributed by atoms with Crippen LogP contribution in [0.4, 0.5) is 0 Å². The van der Waals surface area contributed by atoms with E-state index in [1.54, 1.807) is 4.90 Å². The van der Waals surface area contributed by atoms with E-state index in [9.17, 15) is 9.59 Å². The number of rotatable bonds is 12. The highest BCUT2D eigenvalue weighted by Crippen LogP contribution is 2.17. The minimum atomic E-state index is -0.454. The fourth-order valence-electron chi connectivity index (χ4n) is 3.45. The summed E-state index contributed by atoms with van der Waals surface area (Å²) >= 11 is 0. The van der Waals surface area contributed by atoms with Gasteiger partial charge in [0.15, 0.2) is 6.61 Å². The monoisotopic (exact) mass is 405 g/mol. The minimum Gasteiger partial charge on any atom is -0.494 e. The number of carbonyl (C=O) groups excluding carboxylic acids is 2. The van der Waals surface area contributed by atoms with Gasteiger partial charge < -0.3 is 20.1 Å². The maximum Gasteiger partial charge on any atom is 0.303 e. The quantitative estimate of drug-likeness (QED) is 0.424. The van der Waals surface area contributed by atoms with Crippen molar-refractivity contribution in [3.63, 3.8) is 0 Å². The first-order valence-corrected chi connectivity index (χ1v) is 10.6. The van der Waals surface area contributed by atoms with Crippen molar-refractivity contribution in [3.8, 4) is 5.75 Å². The number of nitrogens with zero attached hydrogens (tertiary/aromatic N) is 2. The fraction of sp³-hybridized carbons (Fsp3) is 0.636. The zero-order valence-corrected chi connectivity index (χ0v) is 17.6. The molecule has 0 unspecified atom stereocenters. The van der Waals surface area contributed by atoms with E-state index in [1.165, 1.54) is 44.8 Å². The lowest BCUT2D eigenvalue weighted by molar-refractivity contribution is -0.150. The lowest BCUT2D eigenvalue weighted by atomic mass is 10.1. The van der Waals surface area contributed by atoms with E-state index in [0.29, 0.717) is 39.1 Å². The maximum absolute atomic E-state index is 12.2. The number of benzene rings is 1. The van der Waals surface area contributed by atoms with Crippen LogP contribution in [0.2, 0.25) is 0 Å². The van der Waals surface area contributed by atoms with E-state index >= 15 is 0 Å². The first kappa shape index (κ1) is 23.2. The zero-order valence-electron chi connectivity index (χ0n) is 17.6. The zero-order chi connectivity index (χ0) is 20.9. The van der Waals surface area contributed by atoms with Crippen LogP contribution in [0.25, 0.3) is 0 Å². The van der Waals surface area contributed by atoms with Crippen molar-refractivity contribution in [3.05, 3.63) is 29.8 Å². The largest absolute Gasteiger partial charge is 0.494 e. The number of carbonyl (C=O) groups is 2.